The lowest BCUT2D eigenvalue weighted by Crippen LogP contribution is -2.33. The Morgan fingerprint density at radius 2 is 2.09 bits per heavy atom. The molecular formula is C23H22N6O2S. The Hall–Kier alpha value is -3.77. The van der Waals surface area contributed by atoms with Crippen molar-refractivity contribution in [2.45, 2.75) is 33.2 Å². The van der Waals surface area contributed by atoms with Gasteiger partial charge >= 0.3 is 0 Å². The average Bonchev–Trinajstić information content (AvgIpc) is 3.36. The molecule has 0 saturated heterocycles. The van der Waals surface area contributed by atoms with Gasteiger partial charge in [-0.25, -0.2) is 4.98 Å². The summed E-state index contributed by atoms with van der Waals surface area (Å²) in [6, 6.07) is 7.31. The molecule has 1 aromatic carbocycles. The molecule has 3 aromatic heterocycles. The molecule has 1 atom stereocenters. The lowest BCUT2D eigenvalue weighted by Gasteiger charge is -2.18. The fourth-order valence-electron chi connectivity index (χ4n) is 3.66. The molecule has 4 aromatic rings. The summed E-state index contributed by atoms with van der Waals surface area (Å²) in [7, 11) is 1.64. The van der Waals surface area contributed by atoms with Gasteiger partial charge in [-0.05, 0) is 37.0 Å². The molecule has 8 nitrogen and oxygen atoms in total. The molecular weight excluding hydrogens is 424 g/mol. The maximum Gasteiger partial charge on any atom is 0.263 e. The molecule has 0 fully saturated rings. The summed E-state index contributed by atoms with van der Waals surface area (Å²) in [6.45, 7) is 5.91. The fourth-order valence-corrected chi connectivity index (χ4v) is 4.57. The molecule has 0 spiro atoms. The minimum atomic E-state index is -0.784. The summed E-state index contributed by atoms with van der Waals surface area (Å²) in [5.74, 6) is -0.108. The van der Waals surface area contributed by atoms with Gasteiger partial charge in [-0.3, -0.25) is 18.8 Å². The van der Waals surface area contributed by atoms with Crippen LogP contribution >= 0.6 is 11.3 Å². The van der Waals surface area contributed by atoms with Crippen LogP contribution in [-0.4, -0.2) is 25.2 Å². The Morgan fingerprint density at radius 3 is 2.78 bits per heavy atom. The third-order valence-electron chi connectivity index (χ3n) is 5.66. The van der Waals surface area contributed by atoms with Crippen LogP contribution in [0.3, 0.4) is 0 Å². The number of benzene rings is 1. The largest absolute Gasteiger partial charge is 0.308 e. The van der Waals surface area contributed by atoms with E-state index in [0.717, 1.165) is 16.7 Å². The van der Waals surface area contributed by atoms with Gasteiger partial charge in [-0.1, -0.05) is 25.1 Å². The number of aryl methyl sites for hydroxylation is 3. The van der Waals surface area contributed by atoms with E-state index in [9.17, 15) is 14.9 Å². The molecule has 1 N–H and O–H groups in total. The molecule has 0 radical (unpaired) electrons. The zero-order valence-electron chi connectivity index (χ0n) is 18.2. The Bertz CT molecular complexity index is 1440. The third-order valence-corrected chi connectivity index (χ3v) is 6.55. The van der Waals surface area contributed by atoms with Crippen LogP contribution in [0.2, 0.25) is 0 Å². The summed E-state index contributed by atoms with van der Waals surface area (Å²) in [6.07, 6.45) is 3.19. The molecule has 0 saturated carbocycles. The van der Waals surface area contributed by atoms with Gasteiger partial charge < -0.3 is 5.32 Å². The van der Waals surface area contributed by atoms with Crippen LogP contribution in [0.25, 0.3) is 21.3 Å². The van der Waals surface area contributed by atoms with Gasteiger partial charge in [0.2, 0.25) is 5.91 Å². The number of hydrogen-bond acceptors (Lipinski definition) is 6. The second-order valence-corrected chi connectivity index (χ2v) is 8.50. The normalized spacial score (nSPS) is 12.0. The summed E-state index contributed by atoms with van der Waals surface area (Å²) in [5, 5.41) is 18.4. The van der Waals surface area contributed by atoms with Crippen LogP contribution in [-0.2, 0) is 11.8 Å². The Kier molecular flexibility index (Phi) is 5.63. The molecule has 0 bridgehead atoms. The lowest BCUT2D eigenvalue weighted by atomic mass is 10.0. The van der Waals surface area contributed by atoms with E-state index in [1.165, 1.54) is 38.7 Å². The quantitative estimate of drug-likeness (QED) is 0.500. The predicted octanol–water partition coefficient (Wildman–Crippen LogP) is 3.94. The molecule has 4 rings (SSSR count). The van der Waals surface area contributed by atoms with E-state index >= 15 is 0 Å². The van der Waals surface area contributed by atoms with Crippen molar-refractivity contribution in [2.75, 3.05) is 5.32 Å². The Morgan fingerprint density at radius 1 is 1.31 bits per heavy atom. The SMILES string of the molecule is CCC(C(=O)Nc1c(C#N)cnn1C)n1cnc2scc(-c3ccc(C)c(C)c3)c2c1=O. The molecule has 32 heavy (non-hydrogen) atoms. The van der Waals surface area contributed by atoms with E-state index < -0.39 is 11.9 Å². The highest BCUT2D eigenvalue weighted by Crippen LogP contribution is 2.32. The number of nitrogens with zero attached hydrogens (tertiary/aromatic N) is 5. The Balaban J connectivity index is 1.78. The number of carbonyl (C=O) groups excluding carboxylic acids is 1. The number of carbonyl (C=O) groups is 1. The number of fused-ring (bicyclic) bond motifs is 1. The van der Waals surface area contributed by atoms with Crippen LogP contribution in [0.5, 0.6) is 0 Å². The van der Waals surface area contributed by atoms with Crippen molar-refractivity contribution in [3.63, 3.8) is 0 Å². The second kappa shape index (κ2) is 8.40. The number of anilines is 1. The van der Waals surface area contributed by atoms with Gasteiger partial charge in [0.15, 0.2) is 0 Å². The fraction of sp³-hybridized carbons (Fsp3) is 0.261. The standard InChI is InChI=1S/C23H22N6O2S/c1-5-18(21(30)27-20-16(9-24)10-26-28(20)4)29-12-25-22-19(23(29)31)17(11-32-22)15-7-6-13(2)14(3)8-15/h6-8,10-12,18H,5H2,1-4H3,(H,27,30). The molecule has 1 unspecified atom stereocenters. The number of nitriles is 1. The van der Waals surface area contributed by atoms with Crippen LogP contribution in [0, 0.1) is 25.2 Å². The molecule has 0 aliphatic rings. The van der Waals surface area contributed by atoms with Crippen molar-refractivity contribution >= 4 is 33.3 Å². The first-order valence-corrected chi connectivity index (χ1v) is 11.0. The van der Waals surface area contributed by atoms with E-state index in [2.05, 4.69) is 21.5 Å². The number of hydrogen-bond donors (Lipinski definition) is 1. The van der Waals surface area contributed by atoms with Crippen molar-refractivity contribution in [3.05, 3.63) is 63.1 Å². The lowest BCUT2D eigenvalue weighted by molar-refractivity contribution is -0.119. The minimum Gasteiger partial charge on any atom is -0.308 e. The van der Waals surface area contributed by atoms with Crippen LogP contribution in [0.15, 0.2) is 40.9 Å². The van der Waals surface area contributed by atoms with Crippen molar-refractivity contribution < 1.29 is 4.79 Å². The van der Waals surface area contributed by atoms with Crippen molar-refractivity contribution in [2.24, 2.45) is 7.05 Å². The number of nitrogens with one attached hydrogen (secondary N) is 1. The number of rotatable bonds is 5. The molecule has 9 heteroatoms. The van der Waals surface area contributed by atoms with Gasteiger partial charge in [0.05, 0.1) is 17.9 Å². The first-order valence-electron chi connectivity index (χ1n) is 10.1. The first kappa shape index (κ1) is 21.5. The highest BCUT2D eigenvalue weighted by Gasteiger charge is 2.24. The van der Waals surface area contributed by atoms with Gasteiger partial charge in [0.1, 0.15) is 28.3 Å². The van der Waals surface area contributed by atoms with Gasteiger partial charge in [0.25, 0.3) is 5.56 Å². The van der Waals surface area contributed by atoms with Gasteiger partial charge in [-0.2, -0.15) is 10.4 Å². The van der Waals surface area contributed by atoms with E-state index in [0.29, 0.717) is 22.5 Å². The maximum absolute atomic E-state index is 13.5. The highest BCUT2D eigenvalue weighted by atomic mass is 32.1. The summed E-state index contributed by atoms with van der Waals surface area (Å²) < 4.78 is 2.79. The highest BCUT2D eigenvalue weighted by molar-refractivity contribution is 7.17. The first-order chi connectivity index (χ1) is 15.3. The molecule has 0 aliphatic heterocycles. The minimum absolute atomic E-state index is 0.256. The van der Waals surface area contributed by atoms with E-state index in [1.54, 1.807) is 7.05 Å². The monoisotopic (exact) mass is 446 g/mol. The molecule has 3 heterocycles. The van der Waals surface area contributed by atoms with E-state index in [4.69, 9.17) is 0 Å². The predicted molar refractivity (Wildman–Crippen MR) is 125 cm³/mol. The number of thiophene rings is 1. The molecule has 0 aliphatic carbocycles. The van der Waals surface area contributed by atoms with Crippen LogP contribution < -0.4 is 10.9 Å². The summed E-state index contributed by atoms with van der Waals surface area (Å²) >= 11 is 1.41. The molecule has 1 amide bonds. The average molecular weight is 447 g/mol. The van der Waals surface area contributed by atoms with Gasteiger partial charge in [0, 0.05) is 18.0 Å². The summed E-state index contributed by atoms with van der Waals surface area (Å²) in [5.41, 5.74) is 4.07. The Labute approximate surface area is 188 Å². The third kappa shape index (κ3) is 3.59. The van der Waals surface area contributed by atoms with E-state index in [1.807, 2.05) is 44.4 Å². The maximum atomic E-state index is 13.5. The topological polar surface area (TPSA) is 106 Å². The zero-order chi connectivity index (χ0) is 23.0. The molecule has 162 valence electrons. The van der Waals surface area contributed by atoms with Crippen molar-refractivity contribution in [1.29, 1.82) is 5.26 Å². The van der Waals surface area contributed by atoms with Crippen molar-refractivity contribution in [1.82, 2.24) is 19.3 Å². The summed E-state index contributed by atoms with van der Waals surface area (Å²) in [4.78, 5) is 31.7. The smallest absolute Gasteiger partial charge is 0.263 e. The number of amides is 1. The van der Waals surface area contributed by atoms with Crippen LogP contribution in [0.1, 0.15) is 36.1 Å². The van der Waals surface area contributed by atoms with Crippen LogP contribution in [0.4, 0.5) is 5.82 Å². The number of aromatic nitrogens is 4. The second-order valence-electron chi connectivity index (χ2n) is 7.64. The van der Waals surface area contributed by atoms with Crippen molar-refractivity contribution in [3.8, 4) is 17.2 Å². The van der Waals surface area contributed by atoms with E-state index in [-0.39, 0.29) is 11.1 Å². The van der Waals surface area contributed by atoms with Gasteiger partial charge in [-0.15, -0.1) is 11.3 Å². The zero-order valence-corrected chi connectivity index (χ0v) is 19.0.